The van der Waals surface area contributed by atoms with Crippen LogP contribution in [0.3, 0.4) is 0 Å². The van der Waals surface area contributed by atoms with Crippen molar-refractivity contribution in [2.24, 2.45) is 0 Å². The van der Waals surface area contributed by atoms with Gasteiger partial charge in [-0.25, -0.2) is 8.42 Å². The minimum Gasteiger partial charge on any atom is -0.314 e. The summed E-state index contributed by atoms with van der Waals surface area (Å²) in [5, 5.41) is 3.27. The Hall–Kier alpha value is 0.260. The number of rotatable bonds is 7. The molecule has 0 aromatic carbocycles. The molecule has 0 aliphatic rings. The smallest absolute Gasteiger partial charge is 0.148 e. The first-order valence-electron chi connectivity index (χ1n) is 4.40. The lowest BCUT2D eigenvalue weighted by Crippen LogP contribution is -2.25. The summed E-state index contributed by atoms with van der Waals surface area (Å²) in [6, 6.07) is 0.510. The van der Waals surface area contributed by atoms with Crippen molar-refractivity contribution in [3.63, 3.8) is 0 Å². The summed E-state index contributed by atoms with van der Waals surface area (Å²) in [6.07, 6.45) is 1.28. The second-order valence-electron chi connectivity index (χ2n) is 3.35. The zero-order valence-corrected chi connectivity index (χ0v) is 10.2. The molecule has 0 rings (SSSR count). The van der Waals surface area contributed by atoms with Gasteiger partial charge < -0.3 is 5.32 Å². The van der Waals surface area contributed by atoms with Crippen molar-refractivity contribution < 1.29 is 8.42 Å². The zero-order chi connectivity index (χ0) is 10.3. The third-order valence-corrected chi connectivity index (χ3v) is 3.59. The maximum atomic E-state index is 10.7. The van der Waals surface area contributed by atoms with Crippen LogP contribution in [0.25, 0.3) is 0 Å². The van der Waals surface area contributed by atoms with E-state index in [1.807, 2.05) is 0 Å². The summed E-state index contributed by atoms with van der Waals surface area (Å²) in [4.78, 5) is 0. The van der Waals surface area contributed by atoms with E-state index in [9.17, 15) is 8.42 Å². The van der Waals surface area contributed by atoms with Crippen LogP contribution in [0.5, 0.6) is 0 Å². The first-order valence-corrected chi connectivity index (χ1v) is 7.62. The van der Waals surface area contributed by atoms with Gasteiger partial charge in [-0.1, -0.05) is 13.8 Å². The molecule has 0 saturated carbocycles. The highest BCUT2D eigenvalue weighted by molar-refractivity contribution is 8.00. The van der Waals surface area contributed by atoms with Crippen molar-refractivity contribution >= 4 is 21.6 Å². The molecule has 0 unspecified atom stereocenters. The Morgan fingerprint density at radius 2 is 1.92 bits per heavy atom. The zero-order valence-electron chi connectivity index (χ0n) is 8.54. The van der Waals surface area contributed by atoms with E-state index in [-0.39, 0.29) is 0 Å². The molecule has 0 saturated heterocycles. The molecule has 13 heavy (non-hydrogen) atoms. The number of hydrogen-bond donors (Lipinski definition) is 1. The van der Waals surface area contributed by atoms with Crippen LogP contribution in [0.15, 0.2) is 0 Å². The Labute approximate surface area is 85.6 Å². The molecule has 0 aliphatic heterocycles. The van der Waals surface area contributed by atoms with E-state index in [0.29, 0.717) is 17.5 Å². The quantitative estimate of drug-likeness (QED) is 0.650. The molecule has 5 heteroatoms. The highest BCUT2D eigenvalue weighted by Crippen LogP contribution is 1.99. The van der Waals surface area contributed by atoms with E-state index < -0.39 is 9.84 Å². The standard InChI is InChI=1S/C8H19NO2S2/c1-8(2)9-4-5-12-6-7-13(3,10)11/h8-9H,4-7H2,1-3H3. The van der Waals surface area contributed by atoms with Crippen LogP contribution in [0, 0.1) is 0 Å². The van der Waals surface area contributed by atoms with Crippen molar-refractivity contribution in [2.75, 3.05) is 30.1 Å². The summed E-state index contributed by atoms with van der Waals surface area (Å²) in [5.74, 6) is 1.98. The average molecular weight is 225 g/mol. The largest absolute Gasteiger partial charge is 0.314 e. The maximum absolute atomic E-state index is 10.7. The average Bonchev–Trinajstić information content (AvgIpc) is 1.93. The predicted molar refractivity (Wildman–Crippen MR) is 60.2 cm³/mol. The molecule has 0 aromatic rings. The molecule has 0 fully saturated rings. The predicted octanol–water partition coefficient (Wildman–Crippen LogP) is 0.762. The molecule has 0 amide bonds. The molecule has 0 aromatic heterocycles. The Balaban J connectivity index is 3.18. The first kappa shape index (κ1) is 13.3. The molecule has 0 radical (unpaired) electrons. The normalized spacial score (nSPS) is 12.3. The number of thioether (sulfide) groups is 1. The van der Waals surface area contributed by atoms with Gasteiger partial charge in [-0.3, -0.25) is 0 Å². The fraction of sp³-hybridized carbons (Fsp3) is 1.00. The summed E-state index contributed by atoms with van der Waals surface area (Å²) < 4.78 is 21.5. The van der Waals surface area contributed by atoms with Crippen LogP contribution in [0.2, 0.25) is 0 Å². The fourth-order valence-electron chi connectivity index (χ4n) is 0.732. The van der Waals surface area contributed by atoms with Gasteiger partial charge in [-0.2, -0.15) is 11.8 Å². The molecule has 0 spiro atoms. The van der Waals surface area contributed by atoms with E-state index in [1.165, 1.54) is 6.26 Å². The van der Waals surface area contributed by atoms with Gasteiger partial charge in [0.25, 0.3) is 0 Å². The van der Waals surface area contributed by atoms with Gasteiger partial charge in [0.2, 0.25) is 0 Å². The minimum atomic E-state index is -2.77. The van der Waals surface area contributed by atoms with Crippen molar-refractivity contribution in [1.82, 2.24) is 5.32 Å². The lowest BCUT2D eigenvalue weighted by atomic mass is 10.4. The van der Waals surface area contributed by atoms with Gasteiger partial charge in [0.1, 0.15) is 9.84 Å². The van der Waals surface area contributed by atoms with Crippen LogP contribution >= 0.6 is 11.8 Å². The number of sulfone groups is 1. The van der Waals surface area contributed by atoms with Gasteiger partial charge in [0, 0.05) is 30.3 Å². The second-order valence-corrected chi connectivity index (χ2v) is 6.84. The summed E-state index contributed by atoms with van der Waals surface area (Å²) in [7, 11) is -2.77. The molecule has 3 nitrogen and oxygen atoms in total. The summed E-state index contributed by atoms with van der Waals surface area (Å²) in [6.45, 7) is 5.15. The number of nitrogens with one attached hydrogen (secondary N) is 1. The van der Waals surface area contributed by atoms with E-state index in [0.717, 1.165) is 12.3 Å². The monoisotopic (exact) mass is 225 g/mol. The minimum absolute atomic E-state index is 0.291. The van der Waals surface area contributed by atoms with Crippen molar-refractivity contribution in [1.29, 1.82) is 0 Å². The highest BCUT2D eigenvalue weighted by Gasteiger charge is 2.00. The molecule has 0 atom stereocenters. The van der Waals surface area contributed by atoms with Crippen molar-refractivity contribution in [3.05, 3.63) is 0 Å². The Morgan fingerprint density at radius 3 is 2.38 bits per heavy atom. The SMILES string of the molecule is CC(C)NCCSCCS(C)(=O)=O. The van der Waals surface area contributed by atoms with Gasteiger partial charge in [-0.05, 0) is 0 Å². The summed E-state index contributed by atoms with van der Waals surface area (Å²) >= 11 is 1.68. The van der Waals surface area contributed by atoms with Gasteiger partial charge in [0.05, 0.1) is 5.75 Å². The molecular formula is C8H19NO2S2. The lowest BCUT2D eigenvalue weighted by molar-refractivity contribution is 0.603. The van der Waals surface area contributed by atoms with Crippen LogP contribution in [0.1, 0.15) is 13.8 Å². The van der Waals surface area contributed by atoms with E-state index in [1.54, 1.807) is 11.8 Å². The van der Waals surface area contributed by atoms with Crippen LogP contribution in [0.4, 0.5) is 0 Å². The molecule has 0 bridgehead atoms. The fourth-order valence-corrected chi connectivity index (χ4v) is 2.88. The topological polar surface area (TPSA) is 46.2 Å². The second kappa shape index (κ2) is 6.68. The van der Waals surface area contributed by atoms with Crippen LogP contribution in [-0.2, 0) is 9.84 Å². The van der Waals surface area contributed by atoms with Gasteiger partial charge in [0.15, 0.2) is 0 Å². The third-order valence-electron chi connectivity index (χ3n) is 1.40. The van der Waals surface area contributed by atoms with E-state index >= 15 is 0 Å². The van der Waals surface area contributed by atoms with Gasteiger partial charge in [-0.15, -0.1) is 0 Å². The summed E-state index contributed by atoms with van der Waals surface area (Å²) in [5.41, 5.74) is 0. The highest BCUT2D eigenvalue weighted by atomic mass is 32.2. The first-order chi connectivity index (χ1) is 5.92. The van der Waals surface area contributed by atoms with E-state index in [4.69, 9.17) is 0 Å². The van der Waals surface area contributed by atoms with Crippen molar-refractivity contribution in [3.8, 4) is 0 Å². The Bertz CT molecular complexity index is 212. The lowest BCUT2D eigenvalue weighted by Gasteiger charge is -2.06. The number of hydrogen-bond acceptors (Lipinski definition) is 4. The van der Waals surface area contributed by atoms with Crippen molar-refractivity contribution in [2.45, 2.75) is 19.9 Å². The third kappa shape index (κ3) is 12.3. The molecule has 1 N–H and O–H groups in total. The van der Waals surface area contributed by atoms with Crippen LogP contribution in [-0.4, -0.2) is 44.5 Å². The maximum Gasteiger partial charge on any atom is 0.148 e. The van der Waals surface area contributed by atoms with Crippen LogP contribution < -0.4 is 5.32 Å². The van der Waals surface area contributed by atoms with Gasteiger partial charge >= 0.3 is 0 Å². The molecule has 80 valence electrons. The Kier molecular flexibility index (Phi) is 6.81. The molecular weight excluding hydrogens is 206 g/mol. The molecule has 0 aliphatic carbocycles. The Morgan fingerprint density at radius 1 is 1.31 bits per heavy atom. The molecule has 0 heterocycles. The van der Waals surface area contributed by atoms with E-state index in [2.05, 4.69) is 19.2 Å².